The molecular formula is C12H22N2O2S. The summed E-state index contributed by atoms with van der Waals surface area (Å²) in [4.78, 5) is 11.6. The van der Waals surface area contributed by atoms with Crippen molar-refractivity contribution in [2.24, 2.45) is 0 Å². The fourth-order valence-corrected chi connectivity index (χ4v) is 3.56. The molecular weight excluding hydrogens is 236 g/mol. The summed E-state index contributed by atoms with van der Waals surface area (Å²) in [6.45, 7) is 3.29. The molecule has 1 aliphatic heterocycles. The third-order valence-corrected chi connectivity index (χ3v) is 5.32. The minimum atomic E-state index is -0.636. The molecule has 1 aliphatic carbocycles. The number of carbonyl (C=O) groups is 1. The molecule has 2 fully saturated rings. The van der Waals surface area contributed by atoms with E-state index in [0.717, 1.165) is 19.3 Å². The smallest absolute Gasteiger partial charge is 0.314 e. The maximum atomic E-state index is 11.6. The molecule has 3 N–H and O–H groups in total. The van der Waals surface area contributed by atoms with Crippen LogP contribution in [-0.2, 0) is 0 Å². The number of aliphatic hydroxyl groups is 1. The standard InChI is InChI=1S/C12H22N2O2S/c1-11(4-3-7-17-11)8-13-10(15)14-9-12(16)5-2-6-12/h16H,2-9H2,1H3,(H2,13,14,15). The number of amides is 2. The zero-order valence-electron chi connectivity index (χ0n) is 10.4. The van der Waals surface area contributed by atoms with Gasteiger partial charge in [-0.3, -0.25) is 0 Å². The van der Waals surface area contributed by atoms with Crippen LogP contribution in [0.25, 0.3) is 0 Å². The third-order valence-electron chi connectivity index (χ3n) is 3.79. The number of nitrogens with one attached hydrogen (secondary N) is 2. The molecule has 1 saturated carbocycles. The van der Waals surface area contributed by atoms with Gasteiger partial charge in [0.15, 0.2) is 0 Å². The van der Waals surface area contributed by atoms with E-state index in [2.05, 4.69) is 17.6 Å². The number of hydrogen-bond acceptors (Lipinski definition) is 3. The van der Waals surface area contributed by atoms with E-state index >= 15 is 0 Å². The Morgan fingerprint density at radius 2 is 1.94 bits per heavy atom. The monoisotopic (exact) mass is 258 g/mol. The lowest BCUT2D eigenvalue weighted by Crippen LogP contribution is -2.51. The van der Waals surface area contributed by atoms with Gasteiger partial charge in [0.05, 0.1) is 5.60 Å². The van der Waals surface area contributed by atoms with Crippen LogP contribution in [0.4, 0.5) is 4.79 Å². The van der Waals surface area contributed by atoms with Gasteiger partial charge in [-0.25, -0.2) is 4.79 Å². The van der Waals surface area contributed by atoms with E-state index in [1.807, 2.05) is 11.8 Å². The average molecular weight is 258 g/mol. The Labute approximate surface area is 107 Å². The highest BCUT2D eigenvalue weighted by atomic mass is 32.2. The summed E-state index contributed by atoms with van der Waals surface area (Å²) in [7, 11) is 0. The molecule has 98 valence electrons. The molecule has 0 aromatic heterocycles. The Bertz CT molecular complexity index is 286. The Kier molecular flexibility index (Phi) is 3.88. The molecule has 1 heterocycles. The fourth-order valence-electron chi connectivity index (χ4n) is 2.31. The van der Waals surface area contributed by atoms with Crippen LogP contribution in [0.1, 0.15) is 39.0 Å². The van der Waals surface area contributed by atoms with Gasteiger partial charge in [-0.15, -0.1) is 0 Å². The number of hydrogen-bond donors (Lipinski definition) is 3. The second-order valence-electron chi connectivity index (χ2n) is 5.52. The summed E-state index contributed by atoms with van der Waals surface area (Å²) in [6, 6.07) is -0.154. The minimum absolute atomic E-state index is 0.154. The van der Waals surface area contributed by atoms with Crippen molar-refractivity contribution in [2.45, 2.75) is 49.4 Å². The Morgan fingerprint density at radius 1 is 1.24 bits per heavy atom. The quantitative estimate of drug-likeness (QED) is 0.716. The highest BCUT2D eigenvalue weighted by molar-refractivity contribution is 8.00. The maximum Gasteiger partial charge on any atom is 0.314 e. The van der Waals surface area contributed by atoms with Crippen LogP contribution in [0.5, 0.6) is 0 Å². The van der Waals surface area contributed by atoms with Crippen molar-refractivity contribution >= 4 is 17.8 Å². The van der Waals surface area contributed by atoms with Crippen molar-refractivity contribution < 1.29 is 9.90 Å². The SMILES string of the molecule is CC1(CNC(=O)NCC2(O)CCC2)CCCS1. The largest absolute Gasteiger partial charge is 0.388 e. The summed E-state index contributed by atoms with van der Waals surface area (Å²) in [6.07, 6.45) is 5.09. The second kappa shape index (κ2) is 5.06. The molecule has 4 nitrogen and oxygen atoms in total. The second-order valence-corrected chi connectivity index (χ2v) is 7.20. The summed E-state index contributed by atoms with van der Waals surface area (Å²) in [5.41, 5.74) is -0.636. The van der Waals surface area contributed by atoms with Crippen molar-refractivity contribution in [1.82, 2.24) is 10.6 Å². The van der Waals surface area contributed by atoms with Crippen molar-refractivity contribution in [3.63, 3.8) is 0 Å². The van der Waals surface area contributed by atoms with Crippen molar-refractivity contribution in [3.05, 3.63) is 0 Å². The topological polar surface area (TPSA) is 61.4 Å². The van der Waals surface area contributed by atoms with Gasteiger partial charge in [0, 0.05) is 17.8 Å². The summed E-state index contributed by atoms with van der Waals surface area (Å²) < 4.78 is 0.199. The average Bonchev–Trinajstić information content (AvgIpc) is 2.69. The molecule has 2 amide bonds. The molecule has 17 heavy (non-hydrogen) atoms. The van der Waals surface area contributed by atoms with Crippen LogP contribution in [-0.4, -0.2) is 40.3 Å². The predicted octanol–water partition coefficient (Wildman–Crippen LogP) is 1.49. The van der Waals surface area contributed by atoms with E-state index in [9.17, 15) is 9.90 Å². The first-order valence-corrected chi connectivity index (χ1v) is 7.38. The molecule has 0 aromatic carbocycles. The zero-order chi connectivity index (χ0) is 12.4. The minimum Gasteiger partial charge on any atom is -0.388 e. The van der Waals surface area contributed by atoms with E-state index in [0.29, 0.717) is 13.1 Å². The number of rotatable bonds is 4. The van der Waals surface area contributed by atoms with Gasteiger partial charge in [0.25, 0.3) is 0 Å². The van der Waals surface area contributed by atoms with Crippen molar-refractivity contribution in [3.8, 4) is 0 Å². The molecule has 5 heteroatoms. The summed E-state index contributed by atoms with van der Waals surface area (Å²) in [5.74, 6) is 1.19. The highest BCUT2D eigenvalue weighted by Gasteiger charge is 2.35. The fraction of sp³-hybridized carbons (Fsp3) is 0.917. The van der Waals surface area contributed by atoms with E-state index in [4.69, 9.17) is 0 Å². The van der Waals surface area contributed by atoms with Gasteiger partial charge in [0.2, 0.25) is 0 Å². The summed E-state index contributed by atoms with van der Waals surface area (Å²) >= 11 is 1.93. The Morgan fingerprint density at radius 3 is 2.47 bits per heavy atom. The number of urea groups is 1. The van der Waals surface area contributed by atoms with Crippen LogP contribution in [0.15, 0.2) is 0 Å². The van der Waals surface area contributed by atoms with Crippen LogP contribution in [0, 0.1) is 0 Å². The lowest BCUT2D eigenvalue weighted by molar-refractivity contribution is -0.0290. The van der Waals surface area contributed by atoms with Crippen LogP contribution in [0.3, 0.4) is 0 Å². The normalized spacial score (nSPS) is 30.7. The van der Waals surface area contributed by atoms with Gasteiger partial charge in [0.1, 0.15) is 0 Å². The first-order valence-electron chi connectivity index (χ1n) is 6.40. The summed E-state index contributed by atoms with van der Waals surface area (Å²) in [5, 5.41) is 15.5. The highest BCUT2D eigenvalue weighted by Crippen LogP contribution is 2.36. The molecule has 1 saturated heterocycles. The predicted molar refractivity (Wildman–Crippen MR) is 70.3 cm³/mol. The van der Waals surface area contributed by atoms with Gasteiger partial charge < -0.3 is 15.7 Å². The molecule has 0 bridgehead atoms. The Hall–Kier alpha value is -0.420. The first-order chi connectivity index (χ1) is 8.02. The van der Waals surface area contributed by atoms with Gasteiger partial charge in [-0.1, -0.05) is 0 Å². The van der Waals surface area contributed by atoms with Crippen LogP contribution < -0.4 is 10.6 Å². The lowest BCUT2D eigenvalue weighted by Gasteiger charge is -2.36. The Balaban J connectivity index is 1.63. The van der Waals surface area contributed by atoms with Gasteiger partial charge in [-0.05, 0) is 44.8 Å². The van der Waals surface area contributed by atoms with Crippen LogP contribution >= 0.6 is 11.8 Å². The lowest BCUT2D eigenvalue weighted by atomic mass is 9.80. The van der Waals surface area contributed by atoms with E-state index in [-0.39, 0.29) is 10.8 Å². The molecule has 0 radical (unpaired) electrons. The number of carbonyl (C=O) groups excluding carboxylic acids is 1. The number of thioether (sulfide) groups is 1. The third kappa shape index (κ3) is 3.52. The van der Waals surface area contributed by atoms with Crippen molar-refractivity contribution in [2.75, 3.05) is 18.8 Å². The molecule has 2 rings (SSSR count). The van der Waals surface area contributed by atoms with Crippen molar-refractivity contribution in [1.29, 1.82) is 0 Å². The van der Waals surface area contributed by atoms with E-state index < -0.39 is 5.60 Å². The van der Waals surface area contributed by atoms with E-state index in [1.54, 1.807) is 0 Å². The maximum absolute atomic E-state index is 11.6. The van der Waals surface area contributed by atoms with Crippen LogP contribution in [0.2, 0.25) is 0 Å². The molecule has 1 atom stereocenters. The molecule has 0 aromatic rings. The molecule has 1 unspecified atom stereocenters. The zero-order valence-corrected chi connectivity index (χ0v) is 11.2. The van der Waals surface area contributed by atoms with E-state index in [1.165, 1.54) is 18.6 Å². The molecule has 0 spiro atoms. The molecule has 2 aliphatic rings. The van der Waals surface area contributed by atoms with Gasteiger partial charge >= 0.3 is 6.03 Å². The first kappa shape index (κ1) is 13.0. The van der Waals surface area contributed by atoms with Gasteiger partial charge in [-0.2, -0.15) is 11.8 Å².